The van der Waals surface area contributed by atoms with E-state index < -0.39 is 0 Å². The van der Waals surface area contributed by atoms with Crippen LogP contribution in [0.15, 0.2) is 53.9 Å². The van der Waals surface area contributed by atoms with Gasteiger partial charge in [-0.1, -0.05) is 17.7 Å². The van der Waals surface area contributed by atoms with Crippen molar-refractivity contribution in [2.75, 3.05) is 29.2 Å². The first-order valence-corrected chi connectivity index (χ1v) is 11.3. The number of hydrogen-bond donors (Lipinski definition) is 3. The summed E-state index contributed by atoms with van der Waals surface area (Å²) >= 11 is 12.7. The number of thiophene rings is 1. The molecule has 3 N–H and O–H groups in total. The summed E-state index contributed by atoms with van der Waals surface area (Å²) in [6, 6.07) is 14.3. The Morgan fingerprint density at radius 2 is 1.58 bits per heavy atom. The summed E-state index contributed by atoms with van der Waals surface area (Å²) in [7, 11) is 0. The van der Waals surface area contributed by atoms with E-state index in [9.17, 15) is 4.79 Å². The first kappa shape index (κ1) is 22.9. The second kappa shape index (κ2) is 11.0. The third kappa shape index (κ3) is 6.33. The number of anilines is 3. The van der Waals surface area contributed by atoms with Gasteiger partial charge in [0, 0.05) is 22.8 Å². The summed E-state index contributed by atoms with van der Waals surface area (Å²) in [6.07, 6.45) is 0. The molecule has 1 heterocycles. The topological polar surface area (TPSA) is 71.6 Å². The number of hydrogen-bond acceptors (Lipinski definition) is 5. The van der Waals surface area contributed by atoms with Crippen LogP contribution < -0.4 is 25.4 Å². The summed E-state index contributed by atoms with van der Waals surface area (Å²) in [5, 5.41) is 12.0. The maximum absolute atomic E-state index is 12.5. The molecule has 0 saturated carbocycles. The third-order valence-electron chi connectivity index (χ3n) is 4.02. The van der Waals surface area contributed by atoms with E-state index in [1.54, 1.807) is 30.3 Å². The Balaban J connectivity index is 1.84. The molecule has 0 aliphatic heterocycles. The van der Waals surface area contributed by atoms with Crippen molar-refractivity contribution in [3.63, 3.8) is 0 Å². The maximum Gasteiger partial charge on any atom is 0.265 e. The molecule has 0 unspecified atom stereocenters. The van der Waals surface area contributed by atoms with E-state index >= 15 is 0 Å². The molecule has 31 heavy (non-hydrogen) atoms. The lowest BCUT2D eigenvalue weighted by Gasteiger charge is -2.19. The molecule has 1 aromatic heterocycles. The van der Waals surface area contributed by atoms with E-state index in [1.807, 2.05) is 37.4 Å². The van der Waals surface area contributed by atoms with Gasteiger partial charge < -0.3 is 25.4 Å². The van der Waals surface area contributed by atoms with Gasteiger partial charge in [-0.25, -0.2) is 0 Å². The zero-order chi connectivity index (χ0) is 22.2. The summed E-state index contributed by atoms with van der Waals surface area (Å²) in [6.45, 7) is 4.64. The Morgan fingerprint density at radius 1 is 0.968 bits per heavy atom. The first-order chi connectivity index (χ1) is 15.0. The van der Waals surface area contributed by atoms with E-state index in [2.05, 4.69) is 16.0 Å². The highest BCUT2D eigenvalue weighted by molar-refractivity contribution is 7.80. The Labute approximate surface area is 195 Å². The number of amides is 1. The number of benzene rings is 2. The van der Waals surface area contributed by atoms with Crippen molar-refractivity contribution < 1.29 is 14.3 Å². The van der Waals surface area contributed by atoms with Crippen LogP contribution in [0.2, 0.25) is 5.02 Å². The molecule has 9 heteroatoms. The second-order valence-corrected chi connectivity index (χ2v) is 8.02. The molecule has 3 aromatic rings. The molecule has 0 aliphatic rings. The van der Waals surface area contributed by atoms with E-state index in [-0.39, 0.29) is 5.91 Å². The normalized spacial score (nSPS) is 10.3. The molecule has 0 spiro atoms. The number of ether oxygens (including phenoxy) is 2. The molecule has 3 rings (SSSR count). The molecule has 1 amide bonds. The fourth-order valence-electron chi connectivity index (χ4n) is 2.71. The van der Waals surface area contributed by atoms with E-state index in [4.69, 9.17) is 33.3 Å². The molecular weight excluding hydrogens is 454 g/mol. The Morgan fingerprint density at radius 3 is 2.13 bits per heavy atom. The van der Waals surface area contributed by atoms with Crippen LogP contribution in [0.25, 0.3) is 0 Å². The lowest BCUT2D eigenvalue weighted by molar-refractivity contribution is 0.103. The van der Waals surface area contributed by atoms with Gasteiger partial charge in [0.1, 0.15) is 11.5 Å². The van der Waals surface area contributed by atoms with Crippen molar-refractivity contribution in [2.24, 2.45) is 0 Å². The third-order valence-corrected chi connectivity index (χ3v) is 5.35. The minimum absolute atomic E-state index is 0.209. The largest absolute Gasteiger partial charge is 0.492 e. The highest BCUT2D eigenvalue weighted by atomic mass is 35.5. The van der Waals surface area contributed by atoms with Gasteiger partial charge in [-0.2, -0.15) is 0 Å². The van der Waals surface area contributed by atoms with Crippen LogP contribution in [0.5, 0.6) is 11.5 Å². The van der Waals surface area contributed by atoms with Gasteiger partial charge in [-0.3, -0.25) is 4.79 Å². The lowest BCUT2D eigenvalue weighted by atomic mass is 10.2. The van der Waals surface area contributed by atoms with Gasteiger partial charge in [-0.15, -0.1) is 11.3 Å². The average Bonchev–Trinajstić information content (AvgIpc) is 3.28. The molecule has 6 nitrogen and oxygen atoms in total. The summed E-state index contributed by atoms with van der Waals surface area (Å²) in [5.41, 5.74) is 1.93. The molecular formula is C22H22ClN3O3S2. The SMILES string of the molecule is CCOc1cc(NC(=S)Nc2ccc(Cl)cc2)c(OCC)cc1NC(=O)c1cccs1. The zero-order valence-electron chi connectivity index (χ0n) is 17.0. The van der Waals surface area contributed by atoms with Crippen molar-refractivity contribution in [3.05, 3.63) is 63.8 Å². The first-order valence-electron chi connectivity index (χ1n) is 9.62. The Bertz CT molecular complexity index is 1040. The molecule has 0 bridgehead atoms. The molecule has 0 radical (unpaired) electrons. The minimum Gasteiger partial charge on any atom is -0.492 e. The van der Waals surface area contributed by atoms with E-state index in [0.717, 1.165) is 5.69 Å². The molecule has 2 aromatic carbocycles. The van der Waals surface area contributed by atoms with E-state index in [0.29, 0.717) is 51.1 Å². The number of nitrogens with one attached hydrogen (secondary N) is 3. The van der Waals surface area contributed by atoms with Gasteiger partial charge in [-0.05, 0) is 61.8 Å². The smallest absolute Gasteiger partial charge is 0.265 e. The quantitative estimate of drug-likeness (QED) is 0.334. The van der Waals surface area contributed by atoms with Crippen molar-refractivity contribution in [3.8, 4) is 11.5 Å². The standard InChI is InChI=1S/C22H22ClN3O3S2/c1-3-28-18-13-17(26-22(30)24-15-9-7-14(23)8-10-15)19(29-4-2)12-16(18)25-21(27)20-6-5-11-31-20/h5-13H,3-4H2,1-2H3,(H,25,27)(H2,24,26,30). The van der Waals surface area contributed by atoms with Crippen LogP contribution in [0.3, 0.4) is 0 Å². The predicted molar refractivity (Wildman–Crippen MR) is 132 cm³/mol. The van der Waals surface area contributed by atoms with Crippen LogP contribution >= 0.6 is 35.2 Å². The van der Waals surface area contributed by atoms with Gasteiger partial charge in [0.05, 0.1) is 29.5 Å². The maximum atomic E-state index is 12.5. The number of thiocarbonyl (C=S) groups is 1. The summed E-state index contributed by atoms with van der Waals surface area (Å²) in [4.78, 5) is 13.1. The lowest BCUT2D eigenvalue weighted by Crippen LogP contribution is -2.20. The monoisotopic (exact) mass is 475 g/mol. The average molecular weight is 476 g/mol. The Kier molecular flexibility index (Phi) is 8.11. The second-order valence-electron chi connectivity index (χ2n) is 6.23. The predicted octanol–water partition coefficient (Wildman–Crippen LogP) is 6.26. The highest BCUT2D eigenvalue weighted by Gasteiger charge is 2.16. The molecule has 0 fully saturated rings. The molecule has 0 aliphatic carbocycles. The van der Waals surface area contributed by atoms with E-state index in [1.165, 1.54) is 11.3 Å². The molecule has 162 valence electrons. The van der Waals surface area contributed by atoms with Crippen LogP contribution in [-0.4, -0.2) is 24.2 Å². The van der Waals surface area contributed by atoms with Crippen LogP contribution in [0.1, 0.15) is 23.5 Å². The van der Waals surface area contributed by atoms with Gasteiger partial charge in [0.25, 0.3) is 5.91 Å². The Hall–Kier alpha value is -2.81. The summed E-state index contributed by atoms with van der Waals surface area (Å²) < 4.78 is 11.5. The van der Waals surface area contributed by atoms with Gasteiger partial charge in [0.2, 0.25) is 0 Å². The minimum atomic E-state index is -0.209. The zero-order valence-corrected chi connectivity index (χ0v) is 19.4. The fourth-order valence-corrected chi connectivity index (χ4v) is 3.69. The van der Waals surface area contributed by atoms with Crippen LogP contribution in [0, 0.1) is 0 Å². The molecule has 0 saturated heterocycles. The number of carbonyl (C=O) groups excluding carboxylic acids is 1. The van der Waals surface area contributed by atoms with Crippen molar-refractivity contribution in [1.82, 2.24) is 0 Å². The van der Waals surface area contributed by atoms with Gasteiger partial charge >= 0.3 is 0 Å². The van der Waals surface area contributed by atoms with Crippen LogP contribution in [0.4, 0.5) is 17.1 Å². The summed E-state index contributed by atoms with van der Waals surface area (Å²) in [5.74, 6) is 0.833. The van der Waals surface area contributed by atoms with Gasteiger partial charge in [0.15, 0.2) is 5.11 Å². The number of rotatable bonds is 8. The van der Waals surface area contributed by atoms with Crippen molar-refractivity contribution in [2.45, 2.75) is 13.8 Å². The number of halogens is 1. The van der Waals surface area contributed by atoms with Crippen molar-refractivity contribution >= 4 is 63.2 Å². The molecule has 0 atom stereocenters. The number of carbonyl (C=O) groups is 1. The van der Waals surface area contributed by atoms with Crippen molar-refractivity contribution in [1.29, 1.82) is 0 Å². The highest BCUT2D eigenvalue weighted by Crippen LogP contribution is 2.37. The fraction of sp³-hybridized carbons (Fsp3) is 0.182. The van der Waals surface area contributed by atoms with Crippen LogP contribution in [-0.2, 0) is 0 Å².